The second-order valence-corrected chi connectivity index (χ2v) is 7.49. The van der Waals surface area contributed by atoms with E-state index < -0.39 is 0 Å². The number of hydrogen-bond donors (Lipinski definition) is 0. The van der Waals surface area contributed by atoms with Gasteiger partial charge in [-0.2, -0.15) is 4.98 Å². The summed E-state index contributed by atoms with van der Waals surface area (Å²) in [6, 6.07) is 0. The predicted molar refractivity (Wildman–Crippen MR) is 107 cm³/mol. The molecule has 4 rings (SSSR count). The molecule has 9 heteroatoms. The number of ether oxygens (including phenoxy) is 1. The summed E-state index contributed by atoms with van der Waals surface area (Å²) in [7, 11) is 1.68. The maximum atomic E-state index is 13.1. The zero-order chi connectivity index (χ0) is 20.0. The van der Waals surface area contributed by atoms with E-state index in [1.165, 1.54) is 9.13 Å². The summed E-state index contributed by atoms with van der Waals surface area (Å²) < 4.78 is 12.3. The van der Waals surface area contributed by atoms with Crippen LogP contribution in [0.4, 0.5) is 0 Å². The molecule has 0 atom stereocenters. The van der Waals surface area contributed by atoms with E-state index in [-0.39, 0.29) is 11.2 Å². The highest BCUT2D eigenvalue weighted by molar-refractivity contribution is 5.76. The van der Waals surface area contributed by atoms with Crippen LogP contribution in [-0.4, -0.2) is 60.8 Å². The molecule has 3 aromatic rings. The standard InChI is InChI=1S/C19H28N6O3/c1-5-6-24-17(26)15-16(21(4)19(24)27)20-18-23(13(2)14(3)25(15)18)8-7-22-9-11-28-12-10-22/h5-12H2,1-4H3. The van der Waals surface area contributed by atoms with Gasteiger partial charge in [0.25, 0.3) is 5.56 Å². The van der Waals surface area contributed by atoms with Crippen molar-refractivity contribution in [3.8, 4) is 0 Å². The van der Waals surface area contributed by atoms with E-state index in [0.717, 1.165) is 63.0 Å². The molecule has 1 aliphatic heterocycles. The summed E-state index contributed by atoms with van der Waals surface area (Å²) in [4.78, 5) is 32.8. The molecule has 0 aliphatic carbocycles. The fraction of sp³-hybridized carbons (Fsp3) is 0.632. The van der Waals surface area contributed by atoms with E-state index in [2.05, 4.69) is 16.4 Å². The molecule has 0 unspecified atom stereocenters. The zero-order valence-corrected chi connectivity index (χ0v) is 17.1. The minimum Gasteiger partial charge on any atom is -0.379 e. The van der Waals surface area contributed by atoms with Crippen LogP contribution in [0.2, 0.25) is 0 Å². The Labute approximate surface area is 162 Å². The maximum Gasteiger partial charge on any atom is 0.332 e. The smallest absolute Gasteiger partial charge is 0.332 e. The lowest BCUT2D eigenvalue weighted by Crippen LogP contribution is -2.39. The lowest BCUT2D eigenvalue weighted by molar-refractivity contribution is 0.0364. The van der Waals surface area contributed by atoms with Crippen molar-refractivity contribution in [3.63, 3.8) is 0 Å². The lowest BCUT2D eigenvalue weighted by atomic mass is 10.3. The number of fused-ring (bicyclic) bond motifs is 3. The van der Waals surface area contributed by atoms with Crippen LogP contribution in [0, 0.1) is 13.8 Å². The fourth-order valence-corrected chi connectivity index (χ4v) is 4.07. The van der Waals surface area contributed by atoms with Gasteiger partial charge < -0.3 is 9.30 Å². The van der Waals surface area contributed by atoms with Crippen LogP contribution < -0.4 is 11.2 Å². The highest BCUT2D eigenvalue weighted by Crippen LogP contribution is 2.20. The Morgan fingerprint density at radius 1 is 1.00 bits per heavy atom. The van der Waals surface area contributed by atoms with Gasteiger partial charge in [-0.25, -0.2) is 4.79 Å². The Hall–Kier alpha value is -2.39. The van der Waals surface area contributed by atoms with Gasteiger partial charge in [0.15, 0.2) is 11.2 Å². The molecular weight excluding hydrogens is 360 g/mol. The van der Waals surface area contributed by atoms with Gasteiger partial charge in [-0.05, 0) is 20.3 Å². The predicted octanol–water partition coefficient (Wildman–Crippen LogP) is 0.508. The third-order valence-corrected chi connectivity index (χ3v) is 5.82. The van der Waals surface area contributed by atoms with Crippen molar-refractivity contribution in [2.24, 2.45) is 7.05 Å². The van der Waals surface area contributed by atoms with Crippen molar-refractivity contribution < 1.29 is 4.74 Å². The first-order valence-corrected chi connectivity index (χ1v) is 9.93. The molecule has 28 heavy (non-hydrogen) atoms. The molecule has 0 saturated carbocycles. The van der Waals surface area contributed by atoms with Gasteiger partial charge in [-0.1, -0.05) is 6.92 Å². The zero-order valence-electron chi connectivity index (χ0n) is 17.1. The molecular formula is C19H28N6O3. The highest BCUT2D eigenvalue weighted by Gasteiger charge is 2.22. The van der Waals surface area contributed by atoms with E-state index in [9.17, 15) is 9.59 Å². The molecule has 1 fully saturated rings. The van der Waals surface area contributed by atoms with Gasteiger partial charge in [0.05, 0.1) is 13.2 Å². The first kappa shape index (κ1) is 18.9. The number of aryl methyl sites for hydroxylation is 2. The Bertz CT molecular complexity index is 1140. The lowest BCUT2D eigenvalue weighted by Gasteiger charge is -2.26. The van der Waals surface area contributed by atoms with Crippen LogP contribution >= 0.6 is 0 Å². The van der Waals surface area contributed by atoms with Crippen molar-refractivity contribution in [2.75, 3.05) is 32.8 Å². The van der Waals surface area contributed by atoms with Crippen LogP contribution in [0.3, 0.4) is 0 Å². The number of aromatic nitrogens is 5. The van der Waals surface area contributed by atoms with Crippen LogP contribution in [0.5, 0.6) is 0 Å². The van der Waals surface area contributed by atoms with Crippen molar-refractivity contribution >= 4 is 16.9 Å². The Balaban J connectivity index is 1.88. The topological polar surface area (TPSA) is 78.7 Å². The third-order valence-electron chi connectivity index (χ3n) is 5.82. The molecule has 1 saturated heterocycles. The van der Waals surface area contributed by atoms with Crippen molar-refractivity contribution in [2.45, 2.75) is 40.3 Å². The Morgan fingerprint density at radius 2 is 1.71 bits per heavy atom. The number of morpholine rings is 1. The molecule has 9 nitrogen and oxygen atoms in total. The normalized spacial score (nSPS) is 15.9. The van der Waals surface area contributed by atoms with Crippen molar-refractivity contribution in [3.05, 3.63) is 32.2 Å². The van der Waals surface area contributed by atoms with E-state index in [4.69, 9.17) is 9.72 Å². The fourth-order valence-electron chi connectivity index (χ4n) is 4.07. The molecule has 0 radical (unpaired) electrons. The highest BCUT2D eigenvalue weighted by atomic mass is 16.5. The van der Waals surface area contributed by atoms with Gasteiger partial charge in [0, 0.05) is 51.2 Å². The number of rotatable bonds is 5. The van der Waals surface area contributed by atoms with Gasteiger partial charge in [0.2, 0.25) is 5.78 Å². The number of hydrogen-bond acceptors (Lipinski definition) is 5. The summed E-state index contributed by atoms with van der Waals surface area (Å²) in [6.45, 7) is 11.5. The van der Waals surface area contributed by atoms with Crippen molar-refractivity contribution in [1.82, 2.24) is 28.0 Å². The summed E-state index contributed by atoms with van der Waals surface area (Å²) in [5, 5.41) is 0. The molecule has 0 bridgehead atoms. The van der Waals surface area contributed by atoms with Crippen LogP contribution in [0.15, 0.2) is 9.59 Å². The molecule has 3 aromatic heterocycles. The summed E-state index contributed by atoms with van der Waals surface area (Å²) in [6.07, 6.45) is 0.723. The molecule has 4 heterocycles. The molecule has 0 amide bonds. The van der Waals surface area contributed by atoms with Gasteiger partial charge in [-0.3, -0.25) is 23.2 Å². The molecule has 0 aromatic carbocycles. The van der Waals surface area contributed by atoms with Crippen LogP contribution in [0.1, 0.15) is 24.7 Å². The van der Waals surface area contributed by atoms with Crippen LogP contribution in [-0.2, 0) is 24.9 Å². The number of nitrogens with zero attached hydrogens (tertiary/aromatic N) is 6. The summed E-state index contributed by atoms with van der Waals surface area (Å²) in [5.41, 5.74) is 2.43. The maximum absolute atomic E-state index is 13.1. The number of imidazole rings is 2. The molecule has 0 spiro atoms. The Morgan fingerprint density at radius 3 is 2.39 bits per heavy atom. The average molecular weight is 388 g/mol. The average Bonchev–Trinajstić information content (AvgIpc) is 3.19. The van der Waals surface area contributed by atoms with E-state index in [1.54, 1.807) is 7.05 Å². The van der Waals surface area contributed by atoms with Gasteiger partial charge >= 0.3 is 5.69 Å². The minimum absolute atomic E-state index is 0.263. The van der Waals surface area contributed by atoms with E-state index in [1.807, 2.05) is 18.2 Å². The second kappa shape index (κ2) is 7.21. The second-order valence-electron chi connectivity index (χ2n) is 7.49. The van der Waals surface area contributed by atoms with Crippen LogP contribution in [0.25, 0.3) is 16.9 Å². The first-order valence-electron chi connectivity index (χ1n) is 9.93. The van der Waals surface area contributed by atoms with Gasteiger partial charge in [-0.15, -0.1) is 0 Å². The van der Waals surface area contributed by atoms with Gasteiger partial charge in [0.1, 0.15) is 0 Å². The van der Waals surface area contributed by atoms with Crippen molar-refractivity contribution in [1.29, 1.82) is 0 Å². The monoisotopic (exact) mass is 388 g/mol. The minimum atomic E-state index is -0.311. The molecule has 0 N–H and O–H groups in total. The summed E-state index contributed by atoms with van der Waals surface area (Å²) >= 11 is 0. The first-order chi connectivity index (χ1) is 13.5. The Kier molecular flexibility index (Phi) is 4.88. The quantitative estimate of drug-likeness (QED) is 0.636. The molecule has 152 valence electrons. The summed E-state index contributed by atoms with van der Waals surface area (Å²) in [5.74, 6) is 0.722. The van der Waals surface area contributed by atoms with E-state index >= 15 is 0 Å². The van der Waals surface area contributed by atoms with E-state index in [0.29, 0.717) is 17.7 Å². The molecule has 1 aliphatic rings. The SMILES string of the molecule is CCCn1c(=O)c2c(nc3n(CCN4CCOCC4)c(C)c(C)n23)n(C)c1=O. The largest absolute Gasteiger partial charge is 0.379 e. The third kappa shape index (κ3) is 2.80.